The van der Waals surface area contributed by atoms with Crippen molar-refractivity contribution in [2.75, 3.05) is 0 Å². The summed E-state index contributed by atoms with van der Waals surface area (Å²) in [5.41, 5.74) is 0.250. The molecule has 100 valence electrons. The van der Waals surface area contributed by atoms with Crippen molar-refractivity contribution >= 4 is 28.5 Å². The number of rotatable bonds is 3. The van der Waals surface area contributed by atoms with Crippen molar-refractivity contribution in [2.24, 2.45) is 0 Å². The van der Waals surface area contributed by atoms with Crippen molar-refractivity contribution < 1.29 is 13.9 Å². The highest BCUT2D eigenvalue weighted by Crippen LogP contribution is 2.35. The standard InChI is InChI=1S/C12H6FN3O3S/c13-7-1-3-8(4-2-7)20-10-6-5-9(16(17)18)11-12(10)15-19-14-11/h1-6H. The first-order valence-electron chi connectivity index (χ1n) is 5.48. The molecule has 0 N–H and O–H groups in total. The highest BCUT2D eigenvalue weighted by Gasteiger charge is 2.19. The van der Waals surface area contributed by atoms with Gasteiger partial charge >= 0.3 is 5.69 Å². The average molecular weight is 291 g/mol. The number of non-ortho nitro benzene ring substituents is 1. The molecule has 0 aliphatic rings. The van der Waals surface area contributed by atoms with Crippen LogP contribution in [0, 0.1) is 15.9 Å². The van der Waals surface area contributed by atoms with Gasteiger partial charge in [0.05, 0.1) is 4.92 Å². The first-order chi connectivity index (χ1) is 9.65. The van der Waals surface area contributed by atoms with Crippen LogP contribution in [0.15, 0.2) is 50.8 Å². The molecule has 0 fully saturated rings. The van der Waals surface area contributed by atoms with E-state index in [1.165, 1.54) is 30.0 Å². The second-order valence-electron chi connectivity index (χ2n) is 3.86. The molecule has 0 amide bonds. The van der Waals surface area contributed by atoms with E-state index in [9.17, 15) is 14.5 Å². The van der Waals surface area contributed by atoms with E-state index in [4.69, 9.17) is 0 Å². The number of benzene rings is 2. The summed E-state index contributed by atoms with van der Waals surface area (Å²) in [6.07, 6.45) is 0. The van der Waals surface area contributed by atoms with Crippen LogP contribution in [0.25, 0.3) is 11.0 Å². The Kier molecular flexibility index (Phi) is 3.07. The number of halogens is 1. The summed E-state index contributed by atoms with van der Waals surface area (Å²) in [7, 11) is 0. The zero-order valence-electron chi connectivity index (χ0n) is 9.82. The maximum atomic E-state index is 12.8. The van der Waals surface area contributed by atoms with Crippen molar-refractivity contribution in [1.82, 2.24) is 10.3 Å². The normalized spacial score (nSPS) is 10.8. The van der Waals surface area contributed by atoms with E-state index in [1.807, 2.05) is 0 Å². The monoisotopic (exact) mass is 291 g/mol. The van der Waals surface area contributed by atoms with Gasteiger partial charge < -0.3 is 0 Å². The Bertz CT molecular complexity index is 788. The Balaban J connectivity index is 2.04. The second-order valence-corrected chi connectivity index (χ2v) is 4.97. The molecule has 8 heteroatoms. The van der Waals surface area contributed by atoms with Gasteiger partial charge in [-0.05, 0) is 40.6 Å². The SMILES string of the molecule is O=[N+]([O-])c1ccc(Sc2ccc(F)cc2)c2nonc12. The van der Waals surface area contributed by atoms with Gasteiger partial charge in [0, 0.05) is 15.9 Å². The third-order valence-electron chi connectivity index (χ3n) is 2.60. The predicted octanol–water partition coefficient (Wildman–Crippen LogP) is 3.42. The number of nitro groups is 1. The Morgan fingerprint density at radius 2 is 1.80 bits per heavy atom. The summed E-state index contributed by atoms with van der Waals surface area (Å²) < 4.78 is 17.4. The van der Waals surface area contributed by atoms with Crippen molar-refractivity contribution in [3.8, 4) is 0 Å². The van der Waals surface area contributed by atoms with Crippen molar-refractivity contribution in [2.45, 2.75) is 9.79 Å². The maximum Gasteiger partial charge on any atom is 0.300 e. The molecule has 2 aromatic carbocycles. The van der Waals surface area contributed by atoms with Gasteiger partial charge in [-0.1, -0.05) is 11.8 Å². The third kappa shape index (κ3) is 2.21. The number of hydrogen-bond donors (Lipinski definition) is 0. The molecule has 1 heterocycles. The molecule has 3 aromatic rings. The second kappa shape index (κ2) is 4.89. The van der Waals surface area contributed by atoms with Crippen LogP contribution >= 0.6 is 11.8 Å². The van der Waals surface area contributed by atoms with Crippen LogP contribution in [-0.4, -0.2) is 15.2 Å². The highest BCUT2D eigenvalue weighted by atomic mass is 32.2. The van der Waals surface area contributed by atoms with E-state index >= 15 is 0 Å². The predicted molar refractivity (Wildman–Crippen MR) is 69.0 cm³/mol. The summed E-state index contributed by atoms with van der Waals surface area (Å²) in [6.45, 7) is 0. The third-order valence-corrected chi connectivity index (χ3v) is 3.65. The lowest BCUT2D eigenvalue weighted by atomic mass is 10.3. The van der Waals surface area contributed by atoms with Gasteiger partial charge in [0.2, 0.25) is 5.52 Å². The van der Waals surface area contributed by atoms with Gasteiger partial charge in [-0.25, -0.2) is 9.02 Å². The lowest BCUT2D eigenvalue weighted by Crippen LogP contribution is -1.90. The summed E-state index contributed by atoms with van der Waals surface area (Å²) in [5, 5.41) is 18.1. The zero-order valence-corrected chi connectivity index (χ0v) is 10.6. The summed E-state index contributed by atoms with van der Waals surface area (Å²) in [4.78, 5) is 11.8. The minimum atomic E-state index is -0.543. The van der Waals surface area contributed by atoms with Crippen molar-refractivity contribution in [3.05, 3.63) is 52.3 Å². The fourth-order valence-electron chi connectivity index (χ4n) is 1.69. The minimum absolute atomic E-state index is 0.0992. The molecule has 0 bridgehead atoms. The van der Waals surface area contributed by atoms with E-state index in [0.717, 1.165) is 4.90 Å². The van der Waals surface area contributed by atoms with Gasteiger partial charge in [0.25, 0.3) is 0 Å². The Hall–Kier alpha value is -2.48. The van der Waals surface area contributed by atoms with Crippen molar-refractivity contribution in [3.63, 3.8) is 0 Å². The summed E-state index contributed by atoms with van der Waals surface area (Å²) in [6, 6.07) is 8.82. The Labute approximate surface area is 115 Å². The smallest absolute Gasteiger partial charge is 0.258 e. The van der Waals surface area contributed by atoms with E-state index in [2.05, 4.69) is 14.9 Å². The zero-order chi connectivity index (χ0) is 14.1. The summed E-state index contributed by atoms with van der Waals surface area (Å²) in [5.74, 6) is -0.328. The van der Waals surface area contributed by atoms with Crippen LogP contribution in [0.3, 0.4) is 0 Å². The van der Waals surface area contributed by atoms with E-state index < -0.39 is 4.92 Å². The van der Waals surface area contributed by atoms with Gasteiger partial charge in [-0.3, -0.25) is 10.1 Å². The minimum Gasteiger partial charge on any atom is -0.258 e. The Morgan fingerprint density at radius 3 is 2.50 bits per heavy atom. The van der Waals surface area contributed by atoms with Crippen LogP contribution in [0.4, 0.5) is 10.1 Å². The molecule has 0 aliphatic carbocycles. The number of nitrogens with zero attached hydrogens (tertiary/aromatic N) is 3. The molecule has 0 aliphatic heterocycles. The first kappa shape index (κ1) is 12.5. The number of aromatic nitrogens is 2. The number of hydrogen-bond acceptors (Lipinski definition) is 6. The largest absolute Gasteiger partial charge is 0.300 e. The van der Waals surface area contributed by atoms with E-state index in [0.29, 0.717) is 10.4 Å². The summed E-state index contributed by atoms with van der Waals surface area (Å²) >= 11 is 1.30. The molecular formula is C12H6FN3O3S. The van der Waals surface area contributed by atoms with Crippen molar-refractivity contribution in [1.29, 1.82) is 0 Å². The number of fused-ring (bicyclic) bond motifs is 1. The molecular weight excluding hydrogens is 285 g/mol. The lowest BCUT2D eigenvalue weighted by molar-refractivity contribution is -0.383. The molecule has 0 saturated carbocycles. The molecule has 1 aromatic heterocycles. The lowest BCUT2D eigenvalue weighted by Gasteiger charge is -2.01. The van der Waals surface area contributed by atoms with Crippen LogP contribution in [0.5, 0.6) is 0 Å². The van der Waals surface area contributed by atoms with E-state index in [1.54, 1.807) is 18.2 Å². The highest BCUT2D eigenvalue weighted by molar-refractivity contribution is 7.99. The molecule has 0 unspecified atom stereocenters. The topological polar surface area (TPSA) is 82.1 Å². The van der Waals surface area contributed by atoms with Gasteiger partial charge in [-0.2, -0.15) is 0 Å². The van der Waals surface area contributed by atoms with Gasteiger partial charge in [0.1, 0.15) is 5.82 Å². The molecule has 20 heavy (non-hydrogen) atoms. The molecule has 6 nitrogen and oxygen atoms in total. The molecule has 0 spiro atoms. The van der Waals surface area contributed by atoms with Crippen LogP contribution in [-0.2, 0) is 0 Å². The fraction of sp³-hybridized carbons (Fsp3) is 0. The van der Waals surface area contributed by atoms with Crippen LogP contribution < -0.4 is 0 Å². The fourth-order valence-corrected chi connectivity index (χ4v) is 2.58. The van der Waals surface area contributed by atoms with Gasteiger partial charge in [-0.15, -0.1) is 0 Å². The molecule has 0 atom stereocenters. The van der Waals surface area contributed by atoms with Crippen LogP contribution in [0.1, 0.15) is 0 Å². The molecule has 0 saturated heterocycles. The van der Waals surface area contributed by atoms with Crippen LogP contribution in [0.2, 0.25) is 0 Å². The van der Waals surface area contributed by atoms with E-state index in [-0.39, 0.29) is 17.0 Å². The Morgan fingerprint density at radius 1 is 1.10 bits per heavy atom. The first-order valence-corrected chi connectivity index (χ1v) is 6.30. The quantitative estimate of drug-likeness (QED) is 0.543. The number of nitro benzene ring substituents is 1. The molecule has 0 radical (unpaired) electrons. The molecule has 3 rings (SSSR count). The average Bonchev–Trinajstić information content (AvgIpc) is 2.91. The van der Waals surface area contributed by atoms with Gasteiger partial charge in [0.15, 0.2) is 5.52 Å². The maximum absolute atomic E-state index is 12.8.